The molecule has 0 spiro atoms. The van der Waals surface area contributed by atoms with Gasteiger partial charge >= 0.3 is 12.2 Å². The van der Waals surface area contributed by atoms with Gasteiger partial charge in [-0.1, -0.05) is 6.07 Å². The van der Waals surface area contributed by atoms with Gasteiger partial charge in [0.25, 0.3) is 0 Å². The maximum atomic E-state index is 13.2. The summed E-state index contributed by atoms with van der Waals surface area (Å²) in [5.74, 6) is -1.10. The molecule has 0 unspecified atom stereocenters. The second-order valence-electron chi connectivity index (χ2n) is 4.88. The van der Waals surface area contributed by atoms with Gasteiger partial charge in [-0.3, -0.25) is 0 Å². The van der Waals surface area contributed by atoms with Gasteiger partial charge in [-0.2, -0.15) is 13.2 Å². The number of aryl methyl sites for hydroxylation is 1. The summed E-state index contributed by atoms with van der Waals surface area (Å²) in [6, 6.07) is 5.73. The molecule has 8 heteroatoms. The molecular weight excluding hydrogens is 314 g/mol. The largest absolute Gasteiger partial charge is 0.416 e. The smallest absolute Gasteiger partial charge is 0.398 e. The van der Waals surface area contributed by atoms with Crippen LogP contribution in [0.1, 0.15) is 11.1 Å². The van der Waals surface area contributed by atoms with Crippen molar-refractivity contribution in [3.63, 3.8) is 0 Å². The number of anilines is 3. The van der Waals surface area contributed by atoms with Crippen LogP contribution in [0.4, 0.5) is 39.4 Å². The number of nitrogen functional groups attached to an aromatic ring is 1. The van der Waals surface area contributed by atoms with E-state index < -0.39 is 23.6 Å². The Bertz CT molecular complexity index is 744. The summed E-state index contributed by atoms with van der Waals surface area (Å²) < 4.78 is 51.1. The van der Waals surface area contributed by atoms with Gasteiger partial charge in [0.05, 0.1) is 5.56 Å². The van der Waals surface area contributed by atoms with Crippen molar-refractivity contribution in [2.45, 2.75) is 13.1 Å². The molecule has 23 heavy (non-hydrogen) atoms. The molecule has 0 saturated heterocycles. The first-order valence-corrected chi connectivity index (χ1v) is 6.47. The second kappa shape index (κ2) is 6.15. The first kappa shape index (κ1) is 16.6. The summed E-state index contributed by atoms with van der Waals surface area (Å²) in [5.41, 5.74) is 5.82. The third kappa shape index (κ3) is 4.35. The van der Waals surface area contributed by atoms with Crippen molar-refractivity contribution >= 4 is 23.1 Å². The first-order valence-electron chi connectivity index (χ1n) is 6.47. The van der Waals surface area contributed by atoms with Gasteiger partial charge in [0.1, 0.15) is 5.82 Å². The average Bonchev–Trinajstić information content (AvgIpc) is 2.41. The number of alkyl halides is 3. The number of carbonyl (C=O) groups excluding carboxylic acids is 1. The highest BCUT2D eigenvalue weighted by atomic mass is 19.4. The van der Waals surface area contributed by atoms with Crippen LogP contribution in [0.5, 0.6) is 0 Å². The normalized spacial score (nSPS) is 11.2. The van der Waals surface area contributed by atoms with E-state index in [4.69, 9.17) is 5.73 Å². The van der Waals surface area contributed by atoms with E-state index in [1.54, 1.807) is 19.1 Å². The Morgan fingerprint density at radius 2 is 1.70 bits per heavy atom. The predicted octanol–water partition coefficient (Wildman–Crippen LogP) is 4.38. The van der Waals surface area contributed by atoms with E-state index >= 15 is 0 Å². The van der Waals surface area contributed by atoms with Crippen LogP contribution in [0.15, 0.2) is 36.4 Å². The molecule has 4 N–H and O–H groups in total. The Labute approximate surface area is 129 Å². The topological polar surface area (TPSA) is 67.2 Å². The number of hydrogen-bond acceptors (Lipinski definition) is 2. The Balaban J connectivity index is 2.14. The van der Waals surface area contributed by atoms with Gasteiger partial charge < -0.3 is 16.4 Å². The fourth-order valence-electron chi connectivity index (χ4n) is 1.84. The zero-order valence-electron chi connectivity index (χ0n) is 12.0. The molecule has 0 aliphatic rings. The molecule has 4 nitrogen and oxygen atoms in total. The molecule has 0 aliphatic heterocycles. The molecule has 2 rings (SSSR count). The zero-order valence-corrected chi connectivity index (χ0v) is 12.0. The molecule has 0 heterocycles. The minimum absolute atomic E-state index is 0.310. The lowest BCUT2D eigenvalue weighted by Crippen LogP contribution is -2.20. The number of halogens is 4. The SMILES string of the molecule is Cc1ccc(NC(=O)Nc2cc(F)cc(C(F)(F)F)c2)cc1N. The molecule has 2 aromatic rings. The molecule has 122 valence electrons. The van der Waals surface area contributed by atoms with Gasteiger partial charge in [0, 0.05) is 17.1 Å². The average molecular weight is 327 g/mol. The quantitative estimate of drug-likeness (QED) is 0.566. The van der Waals surface area contributed by atoms with Gasteiger partial charge in [-0.25, -0.2) is 9.18 Å². The Morgan fingerprint density at radius 1 is 1.04 bits per heavy atom. The van der Waals surface area contributed by atoms with E-state index in [9.17, 15) is 22.4 Å². The van der Waals surface area contributed by atoms with E-state index in [1.165, 1.54) is 6.07 Å². The fourth-order valence-corrected chi connectivity index (χ4v) is 1.84. The number of rotatable bonds is 2. The molecule has 0 saturated carbocycles. The van der Waals surface area contributed by atoms with Crippen molar-refractivity contribution in [3.8, 4) is 0 Å². The van der Waals surface area contributed by atoms with Crippen LogP contribution in [-0.2, 0) is 6.18 Å². The maximum Gasteiger partial charge on any atom is 0.416 e. The molecule has 2 amide bonds. The van der Waals surface area contributed by atoms with Crippen molar-refractivity contribution in [2.75, 3.05) is 16.4 Å². The molecule has 0 radical (unpaired) electrons. The maximum absolute atomic E-state index is 13.2. The van der Waals surface area contributed by atoms with Crippen molar-refractivity contribution in [1.29, 1.82) is 0 Å². The van der Waals surface area contributed by atoms with Crippen LogP contribution in [0.25, 0.3) is 0 Å². The van der Waals surface area contributed by atoms with Gasteiger partial charge in [-0.05, 0) is 42.8 Å². The molecule has 0 bridgehead atoms. The van der Waals surface area contributed by atoms with E-state index in [1.807, 2.05) is 0 Å². The number of benzene rings is 2. The molecule has 0 fully saturated rings. The lowest BCUT2D eigenvalue weighted by atomic mass is 10.2. The predicted molar refractivity (Wildman–Crippen MR) is 79.6 cm³/mol. The minimum atomic E-state index is -4.71. The van der Waals surface area contributed by atoms with E-state index in [0.29, 0.717) is 23.5 Å². The number of urea groups is 1. The fraction of sp³-hybridized carbons (Fsp3) is 0.133. The summed E-state index contributed by atoms with van der Waals surface area (Å²) >= 11 is 0. The van der Waals surface area contributed by atoms with Crippen LogP contribution in [0.3, 0.4) is 0 Å². The van der Waals surface area contributed by atoms with Gasteiger partial charge in [0.2, 0.25) is 0 Å². The van der Waals surface area contributed by atoms with Crippen molar-refractivity contribution in [3.05, 3.63) is 53.3 Å². The highest BCUT2D eigenvalue weighted by molar-refractivity contribution is 6.00. The molecule has 2 aromatic carbocycles. The molecule has 0 atom stereocenters. The second-order valence-corrected chi connectivity index (χ2v) is 4.88. The monoisotopic (exact) mass is 327 g/mol. The van der Waals surface area contributed by atoms with Crippen molar-refractivity contribution in [2.24, 2.45) is 0 Å². The summed E-state index contributed by atoms with van der Waals surface area (Å²) in [5, 5.41) is 4.55. The van der Waals surface area contributed by atoms with E-state index in [2.05, 4.69) is 10.6 Å². The van der Waals surface area contributed by atoms with Crippen molar-refractivity contribution in [1.82, 2.24) is 0 Å². The van der Waals surface area contributed by atoms with Gasteiger partial charge in [0.15, 0.2) is 0 Å². The third-order valence-corrected chi connectivity index (χ3v) is 3.02. The van der Waals surface area contributed by atoms with Crippen LogP contribution in [0, 0.1) is 12.7 Å². The zero-order chi connectivity index (χ0) is 17.2. The molecule has 0 aliphatic carbocycles. The lowest BCUT2D eigenvalue weighted by Gasteiger charge is -2.12. The number of carbonyl (C=O) groups is 1. The first-order chi connectivity index (χ1) is 10.6. The lowest BCUT2D eigenvalue weighted by molar-refractivity contribution is -0.137. The van der Waals surface area contributed by atoms with Crippen LogP contribution >= 0.6 is 0 Å². The minimum Gasteiger partial charge on any atom is -0.398 e. The van der Waals surface area contributed by atoms with Crippen LogP contribution in [0.2, 0.25) is 0 Å². The Hall–Kier alpha value is -2.77. The number of hydrogen-bond donors (Lipinski definition) is 3. The van der Waals surface area contributed by atoms with Crippen molar-refractivity contribution < 1.29 is 22.4 Å². The summed E-state index contributed by atoms with van der Waals surface area (Å²) in [7, 11) is 0. The highest BCUT2D eigenvalue weighted by Gasteiger charge is 2.31. The molecular formula is C15H13F4N3O. The van der Waals surface area contributed by atoms with Gasteiger partial charge in [-0.15, -0.1) is 0 Å². The van der Waals surface area contributed by atoms with Crippen LogP contribution in [-0.4, -0.2) is 6.03 Å². The standard InChI is InChI=1S/C15H13F4N3O/c1-8-2-3-11(7-13(8)20)21-14(23)22-12-5-9(15(17,18)19)4-10(16)6-12/h2-7H,20H2,1H3,(H2,21,22,23). The summed E-state index contributed by atoms with van der Waals surface area (Å²) in [6.07, 6.45) is -4.71. The summed E-state index contributed by atoms with van der Waals surface area (Å²) in [6.45, 7) is 1.78. The highest BCUT2D eigenvalue weighted by Crippen LogP contribution is 2.31. The number of amides is 2. The molecule has 0 aromatic heterocycles. The van der Waals surface area contributed by atoms with Crippen LogP contribution < -0.4 is 16.4 Å². The Morgan fingerprint density at radius 3 is 2.30 bits per heavy atom. The van der Waals surface area contributed by atoms with E-state index in [0.717, 1.165) is 11.6 Å². The number of nitrogens with two attached hydrogens (primary N) is 1. The van der Waals surface area contributed by atoms with E-state index in [-0.39, 0.29) is 5.69 Å². The number of nitrogens with one attached hydrogen (secondary N) is 2. The summed E-state index contributed by atoms with van der Waals surface area (Å²) in [4.78, 5) is 11.8. The Kier molecular flexibility index (Phi) is 4.44. The third-order valence-electron chi connectivity index (χ3n) is 3.02.